The highest BCUT2D eigenvalue weighted by molar-refractivity contribution is 5.97. The maximum Gasteiger partial charge on any atom is 0.129 e. The maximum atomic E-state index is 7.65. The van der Waals surface area contributed by atoms with Gasteiger partial charge in [0, 0.05) is 20.2 Å². The van der Waals surface area contributed by atoms with Gasteiger partial charge in [-0.25, -0.2) is 0 Å². The van der Waals surface area contributed by atoms with E-state index in [0.29, 0.717) is 17.2 Å². The van der Waals surface area contributed by atoms with Gasteiger partial charge in [0.15, 0.2) is 0 Å². The van der Waals surface area contributed by atoms with Crippen molar-refractivity contribution in [2.45, 2.75) is 19.4 Å². The number of nitrogens with two attached hydrogens (primary N) is 1. The number of nitrogen functional groups attached to an aromatic ring is 1. The van der Waals surface area contributed by atoms with E-state index >= 15 is 0 Å². The highest BCUT2D eigenvalue weighted by atomic mass is 16.5. The van der Waals surface area contributed by atoms with Gasteiger partial charge >= 0.3 is 0 Å². The van der Waals surface area contributed by atoms with Gasteiger partial charge in [0.2, 0.25) is 0 Å². The van der Waals surface area contributed by atoms with Crippen LogP contribution in [0, 0.1) is 11.3 Å². The van der Waals surface area contributed by atoms with Crippen molar-refractivity contribution >= 4 is 5.84 Å². The molecule has 116 valence electrons. The van der Waals surface area contributed by atoms with Crippen LogP contribution in [0.1, 0.15) is 24.0 Å². The molecule has 0 amide bonds. The van der Waals surface area contributed by atoms with Crippen LogP contribution in [0.5, 0.6) is 5.75 Å². The smallest absolute Gasteiger partial charge is 0.129 e. The molecule has 5 nitrogen and oxygen atoms in total. The standard InChI is InChI=1S/C16H25N3O2/c1-20-11-13-4-3-7-19(10-13)9-12-5-6-15(21-2)14(8-12)16(17)18/h5-6,8,13H,3-4,7,9-11H2,1-2H3,(H3,17,18). The Kier molecular flexibility index (Phi) is 5.59. The molecule has 1 aliphatic rings. The van der Waals surface area contributed by atoms with Gasteiger partial charge in [-0.1, -0.05) is 6.07 Å². The first kappa shape index (κ1) is 15.8. The van der Waals surface area contributed by atoms with Crippen LogP contribution in [0.4, 0.5) is 0 Å². The molecule has 1 heterocycles. The first-order valence-electron chi connectivity index (χ1n) is 7.36. The van der Waals surface area contributed by atoms with Crippen LogP contribution in [-0.4, -0.2) is 44.7 Å². The van der Waals surface area contributed by atoms with Crippen LogP contribution in [0.25, 0.3) is 0 Å². The van der Waals surface area contributed by atoms with E-state index in [9.17, 15) is 0 Å². The monoisotopic (exact) mass is 291 g/mol. The summed E-state index contributed by atoms with van der Waals surface area (Å²) in [7, 11) is 3.36. The summed E-state index contributed by atoms with van der Waals surface area (Å²) in [5.41, 5.74) is 7.46. The predicted molar refractivity (Wildman–Crippen MR) is 83.9 cm³/mol. The molecule has 0 spiro atoms. The van der Waals surface area contributed by atoms with Gasteiger partial charge in [-0.3, -0.25) is 10.3 Å². The molecule has 1 aromatic carbocycles. The van der Waals surface area contributed by atoms with Crippen molar-refractivity contribution in [3.8, 4) is 5.75 Å². The van der Waals surface area contributed by atoms with E-state index < -0.39 is 0 Å². The third-order valence-corrected chi connectivity index (χ3v) is 3.97. The second-order valence-electron chi connectivity index (χ2n) is 5.65. The molecule has 1 aliphatic heterocycles. The van der Waals surface area contributed by atoms with Crippen LogP contribution in [-0.2, 0) is 11.3 Å². The Bertz CT molecular complexity index is 488. The predicted octanol–water partition coefficient (Wildman–Crippen LogP) is 1.84. The van der Waals surface area contributed by atoms with Gasteiger partial charge in [0.05, 0.1) is 19.3 Å². The van der Waals surface area contributed by atoms with Gasteiger partial charge in [0.1, 0.15) is 11.6 Å². The van der Waals surface area contributed by atoms with E-state index in [1.54, 1.807) is 14.2 Å². The molecular weight excluding hydrogens is 266 g/mol. The highest BCUT2D eigenvalue weighted by Crippen LogP contribution is 2.23. The Balaban J connectivity index is 2.05. The van der Waals surface area contributed by atoms with Gasteiger partial charge in [-0.05, 0) is 43.0 Å². The number of nitrogens with one attached hydrogen (secondary N) is 1. The molecule has 1 atom stereocenters. The first-order chi connectivity index (χ1) is 10.1. The Morgan fingerprint density at radius 2 is 2.24 bits per heavy atom. The van der Waals surface area contributed by atoms with Crippen molar-refractivity contribution < 1.29 is 9.47 Å². The Labute approximate surface area is 126 Å². The van der Waals surface area contributed by atoms with Gasteiger partial charge < -0.3 is 15.2 Å². The summed E-state index contributed by atoms with van der Waals surface area (Å²) >= 11 is 0. The summed E-state index contributed by atoms with van der Waals surface area (Å²) in [4.78, 5) is 2.44. The normalized spacial score (nSPS) is 19.4. The summed E-state index contributed by atoms with van der Waals surface area (Å²) in [6, 6.07) is 5.90. The lowest BCUT2D eigenvalue weighted by Gasteiger charge is -2.32. The minimum atomic E-state index is 0.0459. The first-order valence-corrected chi connectivity index (χ1v) is 7.36. The number of amidine groups is 1. The summed E-state index contributed by atoms with van der Waals surface area (Å²) in [6.07, 6.45) is 2.45. The fraction of sp³-hybridized carbons (Fsp3) is 0.562. The van der Waals surface area contributed by atoms with Gasteiger partial charge in [-0.15, -0.1) is 0 Å². The lowest BCUT2D eigenvalue weighted by Crippen LogP contribution is -2.36. The molecule has 21 heavy (non-hydrogen) atoms. The largest absolute Gasteiger partial charge is 0.496 e. The molecule has 5 heteroatoms. The maximum absolute atomic E-state index is 7.65. The number of hydrogen-bond donors (Lipinski definition) is 2. The average molecular weight is 291 g/mol. The molecule has 1 fully saturated rings. The number of methoxy groups -OCH3 is 2. The second kappa shape index (κ2) is 7.43. The number of nitrogens with zero attached hydrogens (tertiary/aromatic N) is 1. The van der Waals surface area contributed by atoms with Crippen LogP contribution in [0.15, 0.2) is 18.2 Å². The zero-order valence-electron chi connectivity index (χ0n) is 12.9. The van der Waals surface area contributed by atoms with Crippen LogP contribution >= 0.6 is 0 Å². The van der Waals surface area contributed by atoms with Gasteiger partial charge in [0.25, 0.3) is 0 Å². The summed E-state index contributed by atoms with van der Waals surface area (Å²) in [5.74, 6) is 1.32. The molecule has 0 saturated carbocycles. The number of benzene rings is 1. The molecule has 1 aromatic rings. The summed E-state index contributed by atoms with van der Waals surface area (Å²) < 4.78 is 10.5. The third kappa shape index (κ3) is 4.19. The zero-order valence-corrected chi connectivity index (χ0v) is 12.9. The van der Waals surface area contributed by atoms with Crippen molar-refractivity contribution in [1.82, 2.24) is 4.90 Å². The van der Waals surface area contributed by atoms with Crippen molar-refractivity contribution in [2.24, 2.45) is 11.7 Å². The van der Waals surface area contributed by atoms with Crippen molar-refractivity contribution in [3.05, 3.63) is 29.3 Å². The minimum Gasteiger partial charge on any atom is -0.496 e. The van der Waals surface area contributed by atoms with Crippen molar-refractivity contribution in [1.29, 1.82) is 5.41 Å². The number of likely N-dealkylation sites (tertiary alicyclic amines) is 1. The molecule has 1 unspecified atom stereocenters. The fourth-order valence-corrected chi connectivity index (χ4v) is 2.99. The Morgan fingerprint density at radius 1 is 1.43 bits per heavy atom. The summed E-state index contributed by atoms with van der Waals surface area (Å²) in [5, 5.41) is 7.65. The average Bonchev–Trinajstić information content (AvgIpc) is 2.48. The lowest BCUT2D eigenvalue weighted by molar-refractivity contribution is 0.0874. The molecule has 1 saturated heterocycles. The van der Waals surface area contributed by atoms with E-state index in [0.717, 1.165) is 26.2 Å². The SMILES string of the molecule is COCC1CCCN(Cc2ccc(OC)c(C(=N)N)c2)C1. The van der Waals surface area contributed by atoms with Crippen molar-refractivity contribution in [2.75, 3.05) is 33.9 Å². The molecule has 0 aromatic heterocycles. The molecule has 0 aliphatic carbocycles. The van der Waals surface area contributed by atoms with E-state index in [-0.39, 0.29) is 5.84 Å². The summed E-state index contributed by atoms with van der Waals surface area (Å²) in [6.45, 7) is 3.89. The number of piperidine rings is 1. The van der Waals surface area contributed by atoms with Gasteiger partial charge in [-0.2, -0.15) is 0 Å². The minimum absolute atomic E-state index is 0.0459. The molecule has 0 radical (unpaired) electrons. The zero-order chi connectivity index (χ0) is 15.2. The topological polar surface area (TPSA) is 71.6 Å². The van der Waals surface area contributed by atoms with E-state index in [1.807, 2.05) is 18.2 Å². The number of rotatable bonds is 6. The van der Waals surface area contributed by atoms with Crippen LogP contribution in [0.3, 0.4) is 0 Å². The number of hydrogen-bond acceptors (Lipinski definition) is 4. The third-order valence-electron chi connectivity index (χ3n) is 3.97. The highest BCUT2D eigenvalue weighted by Gasteiger charge is 2.20. The van der Waals surface area contributed by atoms with E-state index in [4.69, 9.17) is 20.6 Å². The quantitative estimate of drug-likeness (QED) is 0.619. The fourth-order valence-electron chi connectivity index (χ4n) is 2.99. The van der Waals surface area contributed by atoms with E-state index in [1.165, 1.54) is 18.4 Å². The van der Waals surface area contributed by atoms with Crippen molar-refractivity contribution in [3.63, 3.8) is 0 Å². The Hall–Kier alpha value is -1.59. The Morgan fingerprint density at radius 3 is 2.90 bits per heavy atom. The number of ether oxygens (including phenoxy) is 2. The molecule has 3 N–H and O–H groups in total. The lowest BCUT2D eigenvalue weighted by atomic mass is 9.98. The van der Waals surface area contributed by atoms with E-state index in [2.05, 4.69) is 4.90 Å². The second-order valence-corrected chi connectivity index (χ2v) is 5.65. The molecule has 0 bridgehead atoms. The molecular formula is C16H25N3O2. The van der Waals surface area contributed by atoms with Crippen LogP contribution in [0.2, 0.25) is 0 Å². The molecule has 2 rings (SSSR count). The van der Waals surface area contributed by atoms with Crippen LogP contribution < -0.4 is 10.5 Å².